The van der Waals surface area contributed by atoms with Gasteiger partial charge in [-0.05, 0) is 18.6 Å². The molecule has 4 heteroatoms. The molecule has 1 aromatic heterocycles. The van der Waals surface area contributed by atoms with Gasteiger partial charge in [0.2, 0.25) is 0 Å². The SMILES string of the molecule is Cc1cccc2c(=O)[nH]c(S)nc12. The number of benzene rings is 1. The Labute approximate surface area is 80.2 Å². The number of para-hydroxylation sites is 1. The van der Waals surface area contributed by atoms with Gasteiger partial charge in [-0.15, -0.1) is 12.6 Å². The molecule has 0 amide bonds. The largest absolute Gasteiger partial charge is 0.301 e. The van der Waals surface area contributed by atoms with E-state index < -0.39 is 0 Å². The number of aromatic amines is 1. The van der Waals surface area contributed by atoms with E-state index >= 15 is 0 Å². The van der Waals surface area contributed by atoms with Crippen LogP contribution in [0.5, 0.6) is 0 Å². The zero-order valence-electron chi connectivity index (χ0n) is 7.03. The molecular weight excluding hydrogens is 184 g/mol. The van der Waals surface area contributed by atoms with E-state index in [1.54, 1.807) is 6.07 Å². The number of H-pyrrole nitrogens is 1. The summed E-state index contributed by atoms with van der Waals surface area (Å²) >= 11 is 4.01. The molecule has 0 radical (unpaired) electrons. The van der Waals surface area contributed by atoms with Crippen molar-refractivity contribution in [1.82, 2.24) is 9.97 Å². The highest BCUT2D eigenvalue weighted by Crippen LogP contribution is 2.12. The Balaban J connectivity index is 3.03. The average molecular weight is 192 g/mol. The van der Waals surface area contributed by atoms with Crippen LogP contribution in [-0.2, 0) is 0 Å². The monoisotopic (exact) mass is 192 g/mol. The van der Waals surface area contributed by atoms with E-state index in [4.69, 9.17) is 0 Å². The van der Waals surface area contributed by atoms with Gasteiger partial charge in [0.05, 0.1) is 10.9 Å². The number of aryl methyl sites for hydroxylation is 1. The summed E-state index contributed by atoms with van der Waals surface area (Å²) in [5.41, 5.74) is 1.56. The molecule has 0 bridgehead atoms. The highest BCUT2D eigenvalue weighted by Gasteiger charge is 2.02. The number of hydrogen-bond donors (Lipinski definition) is 2. The van der Waals surface area contributed by atoms with E-state index in [0.717, 1.165) is 11.1 Å². The number of nitrogens with zero attached hydrogens (tertiary/aromatic N) is 1. The quantitative estimate of drug-likeness (QED) is 0.491. The minimum Gasteiger partial charge on any atom is -0.301 e. The summed E-state index contributed by atoms with van der Waals surface area (Å²) in [5.74, 6) is 0. The molecule has 3 nitrogen and oxygen atoms in total. The third-order valence-corrected chi connectivity index (χ3v) is 2.14. The molecular formula is C9H8N2OS. The highest BCUT2D eigenvalue weighted by atomic mass is 32.1. The highest BCUT2D eigenvalue weighted by molar-refractivity contribution is 7.80. The van der Waals surface area contributed by atoms with Crippen LogP contribution in [0.1, 0.15) is 5.56 Å². The fourth-order valence-electron chi connectivity index (χ4n) is 1.29. The van der Waals surface area contributed by atoms with Gasteiger partial charge in [-0.25, -0.2) is 4.98 Å². The van der Waals surface area contributed by atoms with Gasteiger partial charge in [-0.2, -0.15) is 0 Å². The van der Waals surface area contributed by atoms with Crippen molar-refractivity contribution in [2.45, 2.75) is 12.1 Å². The van der Waals surface area contributed by atoms with Gasteiger partial charge in [0.15, 0.2) is 5.16 Å². The molecule has 0 saturated carbocycles. The van der Waals surface area contributed by atoms with Gasteiger partial charge in [0, 0.05) is 0 Å². The fourth-order valence-corrected chi connectivity index (χ4v) is 1.49. The number of hydrogen-bond acceptors (Lipinski definition) is 3. The van der Waals surface area contributed by atoms with Crippen molar-refractivity contribution in [3.63, 3.8) is 0 Å². The molecule has 0 unspecified atom stereocenters. The normalized spacial score (nSPS) is 10.6. The topological polar surface area (TPSA) is 45.8 Å². The Morgan fingerprint density at radius 2 is 2.23 bits per heavy atom. The summed E-state index contributed by atoms with van der Waals surface area (Å²) in [4.78, 5) is 18.1. The molecule has 2 rings (SSSR count). The fraction of sp³-hybridized carbons (Fsp3) is 0.111. The van der Waals surface area contributed by atoms with Gasteiger partial charge >= 0.3 is 0 Å². The lowest BCUT2D eigenvalue weighted by atomic mass is 10.1. The van der Waals surface area contributed by atoms with Crippen LogP contribution < -0.4 is 5.56 Å². The van der Waals surface area contributed by atoms with E-state index in [1.807, 2.05) is 19.1 Å². The summed E-state index contributed by atoms with van der Waals surface area (Å²) in [6.45, 7) is 1.92. The van der Waals surface area contributed by atoms with Crippen molar-refractivity contribution >= 4 is 23.5 Å². The summed E-state index contributed by atoms with van der Waals surface area (Å²) in [6, 6.07) is 5.51. The summed E-state index contributed by atoms with van der Waals surface area (Å²) in [6.07, 6.45) is 0. The first-order valence-corrected chi connectivity index (χ1v) is 4.32. The molecule has 0 aliphatic heterocycles. The molecule has 0 aliphatic carbocycles. The Morgan fingerprint density at radius 3 is 3.00 bits per heavy atom. The van der Waals surface area contributed by atoms with Crippen molar-refractivity contribution < 1.29 is 0 Å². The average Bonchev–Trinajstić information content (AvgIpc) is 2.07. The van der Waals surface area contributed by atoms with Crippen LogP contribution in [0, 0.1) is 6.92 Å². The Hall–Kier alpha value is -1.29. The van der Waals surface area contributed by atoms with Crippen LogP contribution in [0.15, 0.2) is 28.2 Å². The summed E-state index contributed by atoms with van der Waals surface area (Å²) in [7, 11) is 0. The van der Waals surface area contributed by atoms with Crippen LogP contribution in [0.3, 0.4) is 0 Å². The summed E-state index contributed by atoms with van der Waals surface area (Å²) in [5, 5.41) is 0.963. The molecule has 0 aliphatic rings. The maximum atomic E-state index is 11.4. The molecule has 0 atom stereocenters. The molecule has 2 aromatic rings. The van der Waals surface area contributed by atoms with E-state index in [0.29, 0.717) is 10.5 Å². The van der Waals surface area contributed by atoms with Crippen LogP contribution in [0.4, 0.5) is 0 Å². The second kappa shape index (κ2) is 2.88. The van der Waals surface area contributed by atoms with Gasteiger partial charge < -0.3 is 4.98 Å². The zero-order valence-corrected chi connectivity index (χ0v) is 7.93. The number of nitrogens with one attached hydrogen (secondary N) is 1. The number of fused-ring (bicyclic) bond motifs is 1. The van der Waals surface area contributed by atoms with Crippen LogP contribution in [0.2, 0.25) is 0 Å². The maximum absolute atomic E-state index is 11.4. The predicted molar refractivity (Wildman–Crippen MR) is 54.4 cm³/mol. The molecule has 1 N–H and O–H groups in total. The standard InChI is InChI=1S/C9H8N2OS/c1-5-3-2-4-6-7(5)10-9(13)11-8(6)12/h2-4H,1H3,(H2,10,11,12,13). The van der Waals surface area contributed by atoms with Gasteiger partial charge in [-0.3, -0.25) is 4.79 Å². The molecule has 0 spiro atoms. The van der Waals surface area contributed by atoms with Crippen molar-refractivity contribution in [3.05, 3.63) is 34.1 Å². The lowest BCUT2D eigenvalue weighted by molar-refractivity contribution is 0.979. The van der Waals surface area contributed by atoms with Gasteiger partial charge in [0.1, 0.15) is 0 Å². The Morgan fingerprint density at radius 1 is 1.46 bits per heavy atom. The van der Waals surface area contributed by atoms with E-state index in [2.05, 4.69) is 22.6 Å². The van der Waals surface area contributed by atoms with Crippen LogP contribution in [-0.4, -0.2) is 9.97 Å². The van der Waals surface area contributed by atoms with Crippen LogP contribution >= 0.6 is 12.6 Å². The second-order valence-electron chi connectivity index (χ2n) is 2.86. The third kappa shape index (κ3) is 1.33. The zero-order chi connectivity index (χ0) is 9.42. The summed E-state index contributed by atoms with van der Waals surface area (Å²) < 4.78 is 0. The Bertz CT molecular complexity index is 518. The van der Waals surface area contributed by atoms with Crippen molar-refractivity contribution in [2.24, 2.45) is 0 Å². The first-order chi connectivity index (χ1) is 6.18. The lowest BCUT2D eigenvalue weighted by Gasteiger charge is -1.99. The first-order valence-electron chi connectivity index (χ1n) is 3.87. The Kier molecular flexibility index (Phi) is 1.84. The number of aromatic nitrogens is 2. The first kappa shape index (κ1) is 8.31. The number of thiol groups is 1. The maximum Gasteiger partial charge on any atom is 0.259 e. The molecule has 0 saturated heterocycles. The predicted octanol–water partition coefficient (Wildman–Crippen LogP) is 1.52. The third-order valence-electron chi connectivity index (χ3n) is 1.93. The van der Waals surface area contributed by atoms with Crippen LogP contribution in [0.25, 0.3) is 10.9 Å². The molecule has 13 heavy (non-hydrogen) atoms. The van der Waals surface area contributed by atoms with Crippen molar-refractivity contribution in [1.29, 1.82) is 0 Å². The number of rotatable bonds is 0. The van der Waals surface area contributed by atoms with E-state index in [9.17, 15) is 4.79 Å². The molecule has 1 aromatic carbocycles. The minimum absolute atomic E-state index is 0.140. The van der Waals surface area contributed by atoms with Gasteiger partial charge in [0.25, 0.3) is 5.56 Å². The second-order valence-corrected chi connectivity index (χ2v) is 3.28. The smallest absolute Gasteiger partial charge is 0.259 e. The minimum atomic E-state index is -0.140. The molecule has 66 valence electrons. The van der Waals surface area contributed by atoms with Gasteiger partial charge in [-0.1, -0.05) is 12.1 Å². The lowest BCUT2D eigenvalue weighted by Crippen LogP contribution is -2.08. The van der Waals surface area contributed by atoms with Crippen molar-refractivity contribution in [3.8, 4) is 0 Å². The molecule has 1 heterocycles. The van der Waals surface area contributed by atoms with E-state index in [1.165, 1.54) is 0 Å². The van der Waals surface area contributed by atoms with Crippen molar-refractivity contribution in [2.75, 3.05) is 0 Å². The van der Waals surface area contributed by atoms with E-state index in [-0.39, 0.29) is 5.56 Å². The molecule has 0 fully saturated rings.